The van der Waals surface area contributed by atoms with Crippen molar-refractivity contribution in [1.29, 1.82) is 0 Å². The van der Waals surface area contributed by atoms with Crippen molar-refractivity contribution in [2.24, 2.45) is 5.92 Å². The highest BCUT2D eigenvalue weighted by atomic mass is 16.3. The SMILES string of the molecule is Cc1cc(C(C)N[C@H](C)C2CCCCCC2)c(C)o1. The van der Waals surface area contributed by atoms with Gasteiger partial charge in [0.1, 0.15) is 11.5 Å². The second kappa shape index (κ2) is 6.60. The van der Waals surface area contributed by atoms with Gasteiger partial charge >= 0.3 is 0 Å². The van der Waals surface area contributed by atoms with Crippen molar-refractivity contribution >= 4 is 0 Å². The molecule has 1 N–H and O–H groups in total. The molecule has 2 nitrogen and oxygen atoms in total. The highest BCUT2D eigenvalue weighted by Crippen LogP contribution is 2.28. The van der Waals surface area contributed by atoms with Crippen LogP contribution in [-0.2, 0) is 0 Å². The van der Waals surface area contributed by atoms with Crippen LogP contribution in [0.15, 0.2) is 10.5 Å². The molecule has 0 aliphatic heterocycles. The molecule has 2 heteroatoms. The van der Waals surface area contributed by atoms with E-state index in [-0.39, 0.29) is 0 Å². The maximum atomic E-state index is 5.64. The van der Waals surface area contributed by atoms with Gasteiger partial charge < -0.3 is 9.73 Å². The van der Waals surface area contributed by atoms with Gasteiger partial charge in [0.15, 0.2) is 0 Å². The van der Waals surface area contributed by atoms with Gasteiger partial charge in [-0.2, -0.15) is 0 Å². The van der Waals surface area contributed by atoms with Crippen LogP contribution in [0, 0.1) is 19.8 Å². The standard InChI is InChI=1S/C17H29NO/c1-12-11-17(15(4)19-12)14(3)18-13(2)16-9-7-5-6-8-10-16/h11,13-14,16,18H,5-10H2,1-4H3/t13-,14?/m1/s1. The summed E-state index contributed by atoms with van der Waals surface area (Å²) in [5.41, 5.74) is 1.32. The van der Waals surface area contributed by atoms with Crippen molar-refractivity contribution in [3.05, 3.63) is 23.2 Å². The second-order valence-electron chi connectivity index (χ2n) is 6.30. The predicted octanol–water partition coefficient (Wildman–Crippen LogP) is 4.91. The summed E-state index contributed by atoms with van der Waals surface area (Å²) in [6.07, 6.45) is 8.47. The quantitative estimate of drug-likeness (QED) is 0.781. The number of hydrogen-bond acceptors (Lipinski definition) is 2. The van der Waals surface area contributed by atoms with Crippen LogP contribution in [0.4, 0.5) is 0 Å². The van der Waals surface area contributed by atoms with Crippen LogP contribution in [0.1, 0.15) is 75.5 Å². The molecule has 2 rings (SSSR count). The smallest absolute Gasteiger partial charge is 0.105 e. The van der Waals surface area contributed by atoms with Crippen molar-refractivity contribution < 1.29 is 4.42 Å². The molecule has 1 aliphatic rings. The molecule has 1 aliphatic carbocycles. The molecule has 0 saturated heterocycles. The van der Waals surface area contributed by atoms with Crippen LogP contribution in [-0.4, -0.2) is 6.04 Å². The monoisotopic (exact) mass is 263 g/mol. The van der Waals surface area contributed by atoms with E-state index < -0.39 is 0 Å². The molecule has 0 bridgehead atoms. The summed E-state index contributed by atoms with van der Waals surface area (Å²) in [5.74, 6) is 2.92. The van der Waals surface area contributed by atoms with Gasteiger partial charge in [0.25, 0.3) is 0 Å². The zero-order chi connectivity index (χ0) is 13.8. The fourth-order valence-corrected chi connectivity index (χ4v) is 3.51. The van der Waals surface area contributed by atoms with Gasteiger partial charge in [0.05, 0.1) is 0 Å². The molecule has 0 spiro atoms. The van der Waals surface area contributed by atoms with Gasteiger partial charge in [0.2, 0.25) is 0 Å². The first-order chi connectivity index (χ1) is 9.08. The van der Waals surface area contributed by atoms with Crippen LogP contribution >= 0.6 is 0 Å². The van der Waals surface area contributed by atoms with E-state index >= 15 is 0 Å². The van der Waals surface area contributed by atoms with Crippen molar-refractivity contribution in [3.63, 3.8) is 0 Å². The van der Waals surface area contributed by atoms with Gasteiger partial charge in [-0.05, 0) is 52.5 Å². The zero-order valence-electron chi connectivity index (χ0n) is 13.0. The van der Waals surface area contributed by atoms with E-state index in [2.05, 4.69) is 32.2 Å². The fraction of sp³-hybridized carbons (Fsp3) is 0.765. The summed E-state index contributed by atoms with van der Waals surface area (Å²) in [4.78, 5) is 0. The normalized spacial score (nSPS) is 21.1. The first-order valence-corrected chi connectivity index (χ1v) is 7.91. The molecule has 2 atom stereocenters. The Morgan fingerprint density at radius 1 is 1.11 bits per heavy atom. The van der Waals surface area contributed by atoms with E-state index in [1.165, 1.54) is 44.1 Å². The topological polar surface area (TPSA) is 25.2 Å². The summed E-state index contributed by atoms with van der Waals surface area (Å²) in [6.45, 7) is 8.70. The molecular formula is C17H29NO. The molecule has 19 heavy (non-hydrogen) atoms. The number of furan rings is 1. The Balaban J connectivity index is 1.93. The lowest BCUT2D eigenvalue weighted by Crippen LogP contribution is -2.35. The van der Waals surface area contributed by atoms with Crippen LogP contribution in [0.3, 0.4) is 0 Å². The van der Waals surface area contributed by atoms with Crippen LogP contribution in [0.5, 0.6) is 0 Å². The van der Waals surface area contributed by atoms with E-state index in [1.807, 2.05) is 6.92 Å². The number of rotatable bonds is 4. The summed E-state index contributed by atoms with van der Waals surface area (Å²) < 4.78 is 5.64. The van der Waals surface area contributed by atoms with Crippen molar-refractivity contribution in [3.8, 4) is 0 Å². The van der Waals surface area contributed by atoms with Gasteiger partial charge in [-0.25, -0.2) is 0 Å². The lowest BCUT2D eigenvalue weighted by atomic mass is 9.92. The van der Waals surface area contributed by atoms with Crippen molar-refractivity contribution in [1.82, 2.24) is 5.32 Å². The molecule has 1 heterocycles. The Hall–Kier alpha value is -0.760. The minimum Gasteiger partial charge on any atom is -0.466 e. The third kappa shape index (κ3) is 3.85. The number of nitrogens with one attached hydrogen (secondary N) is 1. The Bertz CT molecular complexity index is 388. The molecule has 1 unspecified atom stereocenters. The minimum absolute atomic E-state index is 0.385. The van der Waals surface area contributed by atoms with Crippen molar-refractivity contribution in [2.45, 2.75) is 78.3 Å². The summed E-state index contributed by atoms with van der Waals surface area (Å²) in [7, 11) is 0. The van der Waals surface area contributed by atoms with Gasteiger partial charge in [-0.15, -0.1) is 0 Å². The van der Waals surface area contributed by atoms with E-state index in [4.69, 9.17) is 4.42 Å². The minimum atomic E-state index is 0.385. The third-order valence-electron chi connectivity index (χ3n) is 4.67. The molecule has 1 aromatic rings. The number of hydrogen-bond donors (Lipinski definition) is 1. The third-order valence-corrected chi connectivity index (χ3v) is 4.67. The lowest BCUT2D eigenvalue weighted by molar-refractivity contribution is 0.315. The maximum absolute atomic E-state index is 5.64. The average molecular weight is 263 g/mol. The molecule has 1 saturated carbocycles. The molecule has 0 amide bonds. The van der Waals surface area contributed by atoms with Gasteiger partial charge in [-0.3, -0.25) is 0 Å². The van der Waals surface area contributed by atoms with E-state index in [9.17, 15) is 0 Å². The Kier molecular flexibility index (Phi) is 5.09. The second-order valence-corrected chi connectivity index (χ2v) is 6.30. The fourth-order valence-electron chi connectivity index (χ4n) is 3.51. The molecule has 108 valence electrons. The molecule has 1 fully saturated rings. The van der Waals surface area contributed by atoms with E-state index in [1.54, 1.807) is 0 Å². The van der Waals surface area contributed by atoms with Crippen LogP contribution < -0.4 is 5.32 Å². The van der Waals surface area contributed by atoms with Crippen LogP contribution in [0.25, 0.3) is 0 Å². The largest absolute Gasteiger partial charge is 0.466 e. The summed E-state index contributed by atoms with van der Waals surface area (Å²) >= 11 is 0. The van der Waals surface area contributed by atoms with E-state index in [0.29, 0.717) is 12.1 Å². The first kappa shape index (κ1) is 14.6. The van der Waals surface area contributed by atoms with E-state index in [0.717, 1.165) is 17.4 Å². The Morgan fingerprint density at radius 3 is 2.26 bits per heavy atom. The van der Waals surface area contributed by atoms with Gasteiger partial charge in [-0.1, -0.05) is 25.7 Å². The summed E-state index contributed by atoms with van der Waals surface area (Å²) in [6, 6.07) is 3.16. The Labute approximate surface area is 118 Å². The predicted molar refractivity (Wildman–Crippen MR) is 80.4 cm³/mol. The average Bonchev–Trinajstić information content (AvgIpc) is 2.58. The molecular weight excluding hydrogens is 234 g/mol. The highest BCUT2D eigenvalue weighted by Gasteiger charge is 2.22. The Morgan fingerprint density at radius 2 is 1.74 bits per heavy atom. The van der Waals surface area contributed by atoms with Crippen LogP contribution in [0.2, 0.25) is 0 Å². The molecule has 0 radical (unpaired) electrons. The molecule has 0 aromatic carbocycles. The number of aryl methyl sites for hydroxylation is 2. The highest BCUT2D eigenvalue weighted by molar-refractivity contribution is 5.23. The lowest BCUT2D eigenvalue weighted by Gasteiger charge is -2.27. The molecule has 1 aromatic heterocycles. The van der Waals surface area contributed by atoms with Gasteiger partial charge in [0, 0.05) is 17.6 Å². The van der Waals surface area contributed by atoms with Crippen molar-refractivity contribution in [2.75, 3.05) is 0 Å². The first-order valence-electron chi connectivity index (χ1n) is 7.91. The summed E-state index contributed by atoms with van der Waals surface area (Å²) in [5, 5.41) is 3.79. The maximum Gasteiger partial charge on any atom is 0.105 e. The zero-order valence-corrected chi connectivity index (χ0v) is 13.0.